The third kappa shape index (κ3) is 11.6. The Balaban J connectivity index is 0.602. The Hall–Kier alpha value is -14.9. The van der Waals surface area contributed by atoms with Crippen LogP contribution in [0.3, 0.4) is 0 Å². The van der Waals surface area contributed by atoms with Crippen LogP contribution in [0.1, 0.15) is 17.2 Å². The molecule has 24 rings (SSSR count). The number of nitrogens with zero attached hydrogens (tertiary/aromatic N) is 1. The molecule has 1 aliphatic heterocycles. The maximum atomic E-state index is 5.93. The van der Waals surface area contributed by atoms with Crippen molar-refractivity contribution in [2.45, 2.75) is 6.04 Å². The number of benzene rings is 20. The first kappa shape index (κ1) is 69.4. The minimum Gasteiger partial charge on any atom is -0.374 e. The van der Waals surface area contributed by atoms with Crippen molar-refractivity contribution >= 4 is 125 Å². The van der Waals surface area contributed by atoms with E-state index >= 15 is 0 Å². The third-order valence-electron chi connectivity index (χ3n) is 25.1. The lowest BCUT2D eigenvalue weighted by Gasteiger charge is -2.30. The summed E-state index contributed by atoms with van der Waals surface area (Å²) < 4.78 is 0. The van der Waals surface area contributed by atoms with E-state index < -0.39 is 0 Å². The van der Waals surface area contributed by atoms with Crippen molar-refractivity contribution in [3.63, 3.8) is 0 Å². The number of fused-ring (bicyclic) bond motifs is 16. The van der Waals surface area contributed by atoms with Crippen molar-refractivity contribution in [2.24, 2.45) is 0 Å². The molecule has 1 unspecified atom stereocenters. The number of pyridine rings is 1. The molecule has 0 aliphatic carbocycles. The monoisotopic (exact) mass is 1560 g/mol. The Morgan fingerprint density at radius 2 is 0.583 bits per heavy atom. The van der Waals surface area contributed by atoms with Gasteiger partial charge in [0.25, 0.3) is 0 Å². The predicted octanol–water partition coefficient (Wildman–Crippen LogP) is 33.1. The number of rotatable bonds is 12. The first-order chi connectivity index (χ1) is 59.5. The highest BCUT2D eigenvalue weighted by Crippen LogP contribution is 2.57. The lowest BCUT2D eigenvalue weighted by Crippen LogP contribution is -2.18. The molecule has 0 saturated carbocycles. The fraction of sp³-hybridized carbons (Fsp3) is 0.00862. The summed E-state index contributed by atoms with van der Waals surface area (Å²) in [4.78, 5) is 10.9. The fourth-order valence-corrected chi connectivity index (χ4v) is 22.0. The van der Waals surface area contributed by atoms with Crippen LogP contribution in [-0.4, -0.2) is 4.98 Å². The number of hydrogen-bond acceptors (Lipinski definition) is 4. The Morgan fingerprint density at radius 1 is 0.208 bits per heavy atom. The summed E-state index contributed by atoms with van der Waals surface area (Å²) >= 11 is 3.77. The third-order valence-corrected chi connectivity index (χ3v) is 27.7. The van der Waals surface area contributed by atoms with Crippen molar-refractivity contribution in [2.75, 3.05) is 5.32 Å². The van der Waals surface area contributed by atoms with Crippen LogP contribution in [0.15, 0.2) is 425 Å². The highest BCUT2D eigenvalue weighted by molar-refractivity contribution is 7.21. The summed E-state index contributed by atoms with van der Waals surface area (Å²) in [5.41, 5.74) is 28.0. The van der Waals surface area contributed by atoms with Crippen LogP contribution in [0.4, 0.5) is 5.69 Å². The first-order valence-electron chi connectivity index (χ1n) is 41.3. The van der Waals surface area contributed by atoms with Crippen LogP contribution >= 0.6 is 22.7 Å². The minimum absolute atomic E-state index is 0.113. The van der Waals surface area contributed by atoms with Gasteiger partial charge in [0.05, 0.1) is 17.3 Å². The lowest BCUT2D eigenvalue weighted by atomic mass is 9.84. The van der Waals surface area contributed by atoms with Gasteiger partial charge in [-0.15, -0.1) is 22.7 Å². The first-order valence-corrected chi connectivity index (χ1v) is 42.9. The van der Waals surface area contributed by atoms with Gasteiger partial charge in [-0.1, -0.05) is 382 Å². The van der Waals surface area contributed by atoms with Crippen molar-refractivity contribution < 1.29 is 0 Å². The van der Waals surface area contributed by atoms with Crippen molar-refractivity contribution in [1.82, 2.24) is 4.98 Å². The molecule has 0 spiro atoms. The van der Waals surface area contributed by atoms with Gasteiger partial charge in [-0.3, -0.25) is 0 Å². The standard InChI is InChI=1S/C116H72N2S2/c1-4-25-78(26-5-1)113-108-100-64-61-88(87-60-63-98-102(69-87)106(90-58-50-72-24-11-13-32-83(72)67-90)97-40-19-18-39-96(97)105(98)89-57-49-71-23-10-12-31-82(71)66-89)70-104(100)118-112(110(108)116(119-113)80-29-8-3-9-30-80)77-51-43-73(44-52-77)74-47-55-81(56-48-74)114-107-99-41-20-21-42-103(99)117-111(109(107)115(120-114)79-27-6-2-7-28-79)76-53-45-75(46-54-76)84-33-22-34-85(65-84)86-59-62-95-93-37-15-14-35-91(93)92-36-16-17-38-94(92)101(95)68-86/h1-70,111,117H. The second-order valence-electron chi connectivity index (χ2n) is 31.9. The molecule has 0 saturated heterocycles. The Labute approximate surface area is 703 Å². The van der Waals surface area contributed by atoms with Gasteiger partial charge in [0.2, 0.25) is 0 Å². The maximum absolute atomic E-state index is 5.93. The molecule has 0 amide bonds. The molecule has 4 heteroatoms. The molecule has 4 heterocycles. The maximum Gasteiger partial charge on any atom is 0.0803 e. The zero-order valence-corrected chi connectivity index (χ0v) is 66.9. The summed E-state index contributed by atoms with van der Waals surface area (Å²) in [6.07, 6.45) is 0. The molecule has 0 fully saturated rings. The molecule has 0 bridgehead atoms. The van der Waals surface area contributed by atoms with Gasteiger partial charge in [0.1, 0.15) is 0 Å². The van der Waals surface area contributed by atoms with Gasteiger partial charge in [-0.25, -0.2) is 4.98 Å². The highest BCUT2D eigenvalue weighted by Gasteiger charge is 2.34. The second kappa shape index (κ2) is 28.5. The quantitative estimate of drug-likeness (QED) is 0.0974. The minimum atomic E-state index is -0.113. The Bertz CT molecular complexity index is 8050. The zero-order chi connectivity index (χ0) is 78.9. The largest absolute Gasteiger partial charge is 0.374 e. The molecular weight excluding hydrogens is 1490 g/mol. The molecule has 120 heavy (non-hydrogen) atoms. The zero-order valence-electron chi connectivity index (χ0n) is 65.3. The molecule has 0 radical (unpaired) electrons. The molecule has 1 aliphatic rings. The van der Waals surface area contributed by atoms with E-state index in [0.29, 0.717) is 0 Å². The van der Waals surface area contributed by atoms with Crippen LogP contribution in [0.25, 0.3) is 228 Å². The van der Waals surface area contributed by atoms with Crippen molar-refractivity contribution in [3.05, 3.63) is 436 Å². The highest BCUT2D eigenvalue weighted by atomic mass is 32.1. The average molecular weight is 1560 g/mol. The fourth-order valence-electron chi connectivity index (χ4n) is 19.3. The smallest absolute Gasteiger partial charge is 0.0803 e. The Kier molecular flexibility index (Phi) is 16.5. The van der Waals surface area contributed by atoms with Crippen LogP contribution in [0.5, 0.6) is 0 Å². The molecule has 2 nitrogen and oxygen atoms in total. The number of nitrogens with one attached hydrogen (secondary N) is 1. The van der Waals surface area contributed by atoms with Gasteiger partial charge in [-0.05, 0) is 212 Å². The summed E-state index contributed by atoms with van der Waals surface area (Å²) in [5, 5.41) is 25.1. The van der Waals surface area contributed by atoms with E-state index in [-0.39, 0.29) is 6.04 Å². The molecule has 23 aromatic rings. The van der Waals surface area contributed by atoms with Crippen molar-refractivity contribution in [3.8, 4) is 131 Å². The number of para-hydroxylation sites is 1. The summed E-state index contributed by atoms with van der Waals surface area (Å²) in [7, 11) is 0. The molecule has 20 aromatic carbocycles. The molecule has 1 N–H and O–H groups in total. The van der Waals surface area contributed by atoms with Gasteiger partial charge in [-0.2, -0.15) is 0 Å². The summed E-state index contributed by atoms with van der Waals surface area (Å²) in [5.74, 6) is 0. The SMILES string of the molecule is c1ccc(-c2sc(-c3ccc(-c4ccc(-c5nc6cc(-c7ccc8c(-c9ccc%10ccccc%10c9)c9ccccc9c(-c9ccc%10ccccc%10c9)c8c7)ccc6c6c(-c7ccccc7)sc(-c7ccccc7)c56)cc4)cc3)c3c2C(c2ccc(-c4cccc(-c5ccc6c7ccccc7c7ccccc7c6c5)c4)cc2)Nc2ccccc2-3)cc1. The topological polar surface area (TPSA) is 24.9 Å². The Morgan fingerprint density at radius 3 is 1.18 bits per heavy atom. The summed E-state index contributed by atoms with van der Waals surface area (Å²) in [6.45, 7) is 0. The van der Waals surface area contributed by atoms with Gasteiger partial charge < -0.3 is 5.32 Å². The van der Waals surface area contributed by atoms with E-state index in [9.17, 15) is 0 Å². The van der Waals surface area contributed by atoms with E-state index in [1.54, 1.807) is 0 Å². The number of hydrogen-bond donors (Lipinski definition) is 1. The molecular formula is C116H72N2S2. The van der Waals surface area contributed by atoms with Crippen LogP contribution in [-0.2, 0) is 0 Å². The van der Waals surface area contributed by atoms with Gasteiger partial charge in [0, 0.05) is 63.6 Å². The van der Waals surface area contributed by atoms with E-state index in [2.05, 4.69) is 430 Å². The van der Waals surface area contributed by atoms with Crippen LogP contribution < -0.4 is 5.32 Å². The van der Waals surface area contributed by atoms with Crippen LogP contribution in [0, 0.1) is 0 Å². The van der Waals surface area contributed by atoms with E-state index in [1.807, 2.05) is 22.7 Å². The second-order valence-corrected chi connectivity index (χ2v) is 33.9. The number of thiophene rings is 2. The van der Waals surface area contributed by atoms with Crippen molar-refractivity contribution in [1.29, 1.82) is 0 Å². The molecule has 3 aromatic heterocycles. The molecule has 1 atom stereocenters. The van der Waals surface area contributed by atoms with E-state index in [1.165, 1.54) is 189 Å². The normalized spacial score (nSPS) is 12.7. The van der Waals surface area contributed by atoms with Gasteiger partial charge >= 0.3 is 0 Å². The lowest BCUT2D eigenvalue weighted by molar-refractivity contribution is 0.939. The number of anilines is 1. The summed E-state index contributed by atoms with van der Waals surface area (Å²) in [6, 6.07) is 158. The number of aromatic nitrogens is 1. The molecule has 558 valence electrons. The predicted molar refractivity (Wildman–Crippen MR) is 515 cm³/mol. The van der Waals surface area contributed by atoms with Gasteiger partial charge in [0.15, 0.2) is 0 Å². The average Bonchev–Trinajstić information content (AvgIpc) is 1.40. The van der Waals surface area contributed by atoms with E-state index in [0.717, 1.165) is 55.5 Å². The van der Waals surface area contributed by atoms with E-state index in [4.69, 9.17) is 4.98 Å². The van der Waals surface area contributed by atoms with Crippen LogP contribution in [0.2, 0.25) is 0 Å².